The lowest BCUT2D eigenvalue weighted by Crippen LogP contribution is -2.50. The Balaban J connectivity index is 3.05. The highest BCUT2D eigenvalue weighted by molar-refractivity contribution is 6.10. The Kier molecular flexibility index (Phi) is 3.00. The van der Waals surface area contributed by atoms with E-state index in [1.807, 2.05) is 0 Å². The van der Waals surface area contributed by atoms with E-state index in [4.69, 9.17) is 10.5 Å². The predicted molar refractivity (Wildman–Crippen MR) is 54.3 cm³/mol. The van der Waals surface area contributed by atoms with Crippen LogP contribution in [0.2, 0.25) is 0 Å². The number of rotatable bonds is 4. The molecule has 1 heterocycles. The van der Waals surface area contributed by atoms with E-state index in [0.717, 1.165) is 7.11 Å². The number of carbonyl (C=O) groups excluding carboxylic acids is 2. The van der Waals surface area contributed by atoms with Crippen LogP contribution in [0.25, 0.3) is 0 Å². The van der Waals surface area contributed by atoms with Gasteiger partial charge in [0, 0.05) is 0 Å². The van der Waals surface area contributed by atoms with E-state index in [0.29, 0.717) is 0 Å². The summed E-state index contributed by atoms with van der Waals surface area (Å²) in [5.74, 6) is -1.99. The van der Waals surface area contributed by atoms with Gasteiger partial charge in [0.05, 0.1) is 13.2 Å². The minimum absolute atomic E-state index is 0.170. The third kappa shape index (κ3) is 1.41. The van der Waals surface area contributed by atoms with Crippen LogP contribution in [0.1, 0.15) is 20.8 Å². The van der Waals surface area contributed by atoms with Gasteiger partial charge in [-0.25, -0.2) is 4.79 Å². The van der Waals surface area contributed by atoms with Crippen LogP contribution < -0.4 is 5.73 Å². The normalized spacial score (nSPS) is 34.6. The van der Waals surface area contributed by atoms with Gasteiger partial charge in [-0.05, 0) is 12.8 Å². The molecule has 0 radical (unpaired) electrons. The summed E-state index contributed by atoms with van der Waals surface area (Å²) in [4.78, 5) is 22.8. The van der Waals surface area contributed by atoms with Crippen LogP contribution in [-0.2, 0) is 19.1 Å². The van der Waals surface area contributed by atoms with E-state index in [1.165, 1.54) is 6.92 Å². The summed E-state index contributed by atoms with van der Waals surface area (Å²) in [5, 5.41) is 9.91. The van der Waals surface area contributed by atoms with Crippen molar-refractivity contribution in [1.82, 2.24) is 0 Å². The van der Waals surface area contributed by atoms with E-state index < -0.39 is 29.2 Å². The van der Waals surface area contributed by atoms with Gasteiger partial charge in [-0.3, -0.25) is 4.79 Å². The van der Waals surface area contributed by atoms with Crippen molar-refractivity contribution in [3.8, 4) is 0 Å². The molecule has 1 aliphatic heterocycles. The first kappa shape index (κ1) is 12.9. The van der Waals surface area contributed by atoms with Crippen molar-refractivity contribution in [3.05, 3.63) is 0 Å². The van der Waals surface area contributed by atoms with Crippen molar-refractivity contribution in [3.63, 3.8) is 0 Å². The Bertz CT molecular complexity index is 329. The van der Waals surface area contributed by atoms with Crippen LogP contribution in [0, 0.1) is 5.92 Å². The average Bonchev–Trinajstić information content (AvgIpc) is 2.85. The van der Waals surface area contributed by atoms with E-state index in [9.17, 15) is 14.7 Å². The van der Waals surface area contributed by atoms with Crippen molar-refractivity contribution in [2.24, 2.45) is 11.7 Å². The zero-order chi connectivity index (χ0) is 12.7. The topological polar surface area (TPSA) is 102 Å². The van der Waals surface area contributed by atoms with Gasteiger partial charge in [-0.1, -0.05) is 13.8 Å². The SMILES string of the molecule is COC(=O)[C@@]1(C(N)=O)O[C@]1(C)C(O)C(C)C. The molecule has 0 saturated carbocycles. The molecule has 0 aromatic carbocycles. The van der Waals surface area contributed by atoms with Gasteiger partial charge < -0.3 is 20.3 Å². The number of esters is 1. The van der Waals surface area contributed by atoms with E-state index in [1.54, 1.807) is 13.8 Å². The van der Waals surface area contributed by atoms with Gasteiger partial charge >= 0.3 is 5.97 Å². The lowest BCUT2D eigenvalue weighted by Gasteiger charge is -2.21. The molecular weight excluding hydrogens is 214 g/mol. The number of carbonyl (C=O) groups is 2. The molecule has 0 aliphatic carbocycles. The third-order valence-corrected chi connectivity index (χ3v) is 3.04. The van der Waals surface area contributed by atoms with Gasteiger partial charge in [0.25, 0.3) is 11.5 Å². The summed E-state index contributed by atoms with van der Waals surface area (Å²) in [5.41, 5.74) is 1.99. The van der Waals surface area contributed by atoms with Crippen molar-refractivity contribution in [1.29, 1.82) is 0 Å². The first-order valence-electron chi connectivity index (χ1n) is 5.00. The minimum atomic E-state index is -1.86. The lowest BCUT2D eigenvalue weighted by atomic mass is 9.84. The summed E-state index contributed by atoms with van der Waals surface area (Å²) in [6, 6.07) is 0. The summed E-state index contributed by atoms with van der Waals surface area (Å²) < 4.78 is 9.62. The van der Waals surface area contributed by atoms with Crippen LogP contribution in [0.4, 0.5) is 0 Å². The zero-order valence-corrected chi connectivity index (χ0v) is 9.81. The van der Waals surface area contributed by atoms with Crippen molar-refractivity contribution in [2.75, 3.05) is 7.11 Å². The summed E-state index contributed by atoms with van der Waals surface area (Å²) in [7, 11) is 1.14. The molecule has 3 N–H and O–H groups in total. The van der Waals surface area contributed by atoms with Crippen molar-refractivity contribution in [2.45, 2.75) is 38.1 Å². The van der Waals surface area contributed by atoms with Gasteiger partial charge in [0.2, 0.25) is 0 Å². The quantitative estimate of drug-likeness (QED) is 0.374. The molecule has 0 spiro atoms. The highest BCUT2D eigenvalue weighted by atomic mass is 16.7. The number of methoxy groups -OCH3 is 1. The fraction of sp³-hybridized carbons (Fsp3) is 0.800. The molecule has 1 unspecified atom stereocenters. The number of amides is 1. The molecule has 0 aromatic heterocycles. The molecule has 92 valence electrons. The summed E-state index contributed by atoms with van der Waals surface area (Å²) >= 11 is 0. The van der Waals surface area contributed by atoms with Crippen LogP contribution in [-0.4, -0.2) is 41.4 Å². The Hall–Kier alpha value is -1.14. The van der Waals surface area contributed by atoms with E-state index in [2.05, 4.69) is 4.74 Å². The number of hydrogen-bond donors (Lipinski definition) is 2. The number of primary amides is 1. The second-order valence-corrected chi connectivity index (χ2v) is 4.43. The highest BCUT2D eigenvalue weighted by Crippen LogP contribution is 2.52. The minimum Gasteiger partial charge on any atom is -0.466 e. The second-order valence-electron chi connectivity index (χ2n) is 4.43. The van der Waals surface area contributed by atoms with Crippen LogP contribution in [0.5, 0.6) is 0 Å². The van der Waals surface area contributed by atoms with Gasteiger partial charge in [0.1, 0.15) is 5.60 Å². The first-order chi connectivity index (χ1) is 7.24. The molecule has 0 bridgehead atoms. The predicted octanol–water partition coefficient (Wildman–Crippen LogP) is -0.811. The molecule has 16 heavy (non-hydrogen) atoms. The lowest BCUT2D eigenvalue weighted by molar-refractivity contribution is -0.151. The summed E-state index contributed by atoms with van der Waals surface area (Å²) in [6.45, 7) is 4.97. The zero-order valence-electron chi connectivity index (χ0n) is 9.81. The van der Waals surface area contributed by atoms with E-state index >= 15 is 0 Å². The fourth-order valence-electron chi connectivity index (χ4n) is 1.98. The third-order valence-electron chi connectivity index (χ3n) is 3.04. The van der Waals surface area contributed by atoms with Crippen LogP contribution >= 0.6 is 0 Å². The molecule has 1 fully saturated rings. The number of nitrogens with two attached hydrogens (primary N) is 1. The molecular formula is C10H17NO5. The molecule has 3 atom stereocenters. The molecule has 1 amide bonds. The molecule has 1 rings (SSSR count). The number of epoxide rings is 1. The van der Waals surface area contributed by atoms with Crippen molar-refractivity contribution >= 4 is 11.9 Å². The van der Waals surface area contributed by atoms with E-state index in [-0.39, 0.29) is 5.92 Å². The summed E-state index contributed by atoms with van der Waals surface area (Å²) in [6.07, 6.45) is -0.973. The Morgan fingerprint density at radius 3 is 2.25 bits per heavy atom. The maximum atomic E-state index is 11.5. The monoisotopic (exact) mass is 231 g/mol. The molecule has 1 aliphatic rings. The number of hydrogen-bond acceptors (Lipinski definition) is 5. The molecule has 0 aromatic rings. The average molecular weight is 231 g/mol. The van der Waals surface area contributed by atoms with Gasteiger partial charge in [0.15, 0.2) is 0 Å². The van der Waals surface area contributed by atoms with Crippen LogP contribution in [0.15, 0.2) is 0 Å². The largest absolute Gasteiger partial charge is 0.466 e. The number of aliphatic hydroxyl groups excluding tert-OH is 1. The highest BCUT2D eigenvalue weighted by Gasteiger charge is 2.80. The maximum Gasteiger partial charge on any atom is 0.351 e. The molecule has 6 heteroatoms. The Labute approximate surface area is 93.7 Å². The Morgan fingerprint density at radius 1 is 1.44 bits per heavy atom. The second kappa shape index (κ2) is 3.71. The van der Waals surface area contributed by atoms with Crippen LogP contribution in [0.3, 0.4) is 0 Å². The number of aliphatic hydroxyl groups is 1. The van der Waals surface area contributed by atoms with Gasteiger partial charge in [-0.15, -0.1) is 0 Å². The maximum absolute atomic E-state index is 11.5. The smallest absolute Gasteiger partial charge is 0.351 e. The molecule has 1 saturated heterocycles. The Morgan fingerprint density at radius 2 is 1.94 bits per heavy atom. The first-order valence-corrected chi connectivity index (χ1v) is 5.00. The van der Waals surface area contributed by atoms with Crippen molar-refractivity contribution < 1.29 is 24.2 Å². The van der Waals surface area contributed by atoms with Gasteiger partial charge in [-0.2, -0.15) is 0 Å². The standard InChI is InChI=1S/C10H17NO5/c1-5(2)6(12)9(3)10(16-9,7(11)13)8(14)15-4/h5-6,12H,1-4H3,(H2,11,13)/t6?,9-,10-/m1/s1. The fourth-order valence-corrected chi connectivity index (χ4v) is 1.98. The number of ether oxygens (including phenoxy) is 2. The molecule has 6 nitrogen and oxygen atoms in total.